The average molecular weight is 262 g/mol. The molecular weight excluding hydrogens is 236 g/mol. The molecule has 0 aliphatic heterocycles. The summed E-state index contributed by atoms with van der Waals surface area (Å²) in [6.45, 7) is 9.41. The molecule has 3 nitrogen and oxygen atoms in total. The molecule has 0 saturated carbocycles. The summed E-state index contributed by atoms with van der Waals surface area (Å²) in [5.41, 5.74) is 5.33. The number of aryl methyl sites for hydroxylation is 3. The molecule has 0 aliphatic carbocycles. The van der Waals surface area contributed by atoms with Gasteiger partial charge in [-0.15, -0.1) is 0 Å². The van der Waals surface area contributed by atoms with Crippen molar-refractivity contribution in [1.82, 2.24) is 10.2 Å². The molecule has 0 saturated heterocycles. The Morgan fingerprint density at radius 1 is 1.21 bits per heavy atom. The Morgan fingerprint density at radius 3 is 2.37 bits per heavy atom. The van der Waals surface area contributed by atoms with E-state index in [9.17, 15) is 4.79 Å². The summed E-state index contributed by atoms with van der Waals surface area (Å²) in [6, 6.07) is 4.73. The van der Waals surface area contributed by atoms with E-state index < -0.39 is 0 Å². The van der Waals surface area contributed by atoms with Gasteiger partial charge in [0.25, 0.3) is 0 Å². The molecule has 0 radical (unpaired) electrons. The number of carbonyl (C=O) groups excluding carboxylic acids is 1. The van der Waals surface area contributed by atoms with Crippen LogP contribution in [-0.2, 0) is 11.3 Å². The van der Waals surface area contributed by atoms with E-state index >= 15 is 0 Å². The largest absolute Gasteiger partial charge is 0.359 e. The number of rotatable bonds is 5. The molecule has 0 unspecified atom stereocenters. The summed E-state index contributed by atoms with van der Waals surface area (Å²) in [5.74, 6) is 0.0937. The second-order valence-electron chi connectivity index (χ2n) is 5.50. The zero-order valence-electron chi connectivity index (χ0n) is 13.0. The fraction of sp³-hybridized carbons (Fsp3) is 0.562. The number of carbonyl (C=O) groups is 1. The van der Waals surface area contributed by atoms with Crippen LogP contribution in [-0.4, -0.2) is 30.9 Å². The molecule has 3 heteroatoms. The molecule has 19 heavy (non-hydrogen) atoms. The Balaban J connectivity index is 2.74. The van der Waals surface area contributed by atoms with Gasteiger partial charge < -0.3 is 5.32 Å². The molecule has 1 atom stereocenters. The number of benzene rings is 1. The van der Waals surface area contributed by atoms with E-state index in [2.05, 4.69) is 57.1 Å². The SMILES string of the molecule is CNC(=O)C[C@H](C)N(C)Cc1cc(C)c(C)cc1C. The first-order chi connectivity index (χ1) is 8.85. The highest BCUT2D eigenvalue weighted by molar-refractivity contribution is 5.76. The lowest BCUT2D eigenvalue weighted by Crippen LogP contribution is -2.34. The summed E-state index contributed by atoms with van der Waals surface area (Å²) < 4.78 is 0. The maximum atomic E-state index is 11.4. The first kappa shape index (κ1) is 15.7. The van der Waals surface area contributed by atoms with Gasteiger partial charge in [-0.2, -0.15) is 0 Å². The smallest absolute Gasteiger partial charge is 0.221 e. The maximum absolute atomic E-state index is 11.4. The number of hydrogen-bond acceptors (Lipinski definition) is 2. The van der Waals surface area contributed by atoms with Gasteiger partial charge in [0, 0.05) is 26.1 Å². The van der Waals surface area contributed by atoms with E-state index in [0.717, 1.165) is 6.54 Å². The standard InChI is InChI=1S/C16H26N2O/c1-11-7-13(3)15(8-12(11)2)10-18(6)14(4)9-16(19)17-5/h7-8,14H,9-10H2,1-6H3,(H,17,19)/t14-/m0/s1. The van der Waals surface area contributed by atoms with Crippen LogP contribution in [0.15, 0.2) is 12.1 Å². The number of nitrogens with zero attached hydrogens (tertiary/aromatic N) is 1. The van der Waals surface area contributed by atoms with Crippen molar-refractivity contribution in [2.45, 2.75) is 46.7 Å². The molecule has 0 spiro atoms. The minimum atomic E-state index is 0.0937. The van der Waals surface area contributed by atoms with Crippen LogP contribution < -0.4 is 5.32 Å². The average Bonchev–Trinajstić information content (AvgIpc) is 2.35. The first-order valence-corrected chi connectivity index (χ1v) is 6.82. The highest BCUT2D eigenvalue weighted by Gasteiger charge is 2.14. The molecule has 1 rings (SSSR count). The Kier molecular flexibility index (Phi) is 5.55. The normalized spacial score (nSPS) is 12.6. The van der Waals surface area contributed by atoms with Gasteiger partial charge in [-0.1, -0.05) is 12.1 Å². The lowest BCUT2D eigenvalue weighted by Gasteiger charge is -2.25. The van der Waals surface area contributed by atoms with Crippen molar-refractivity contribution in [2.75, 3.05) is 14.1 Å². The van der Waals surface area contributed by atoms with Gasteiger partial charge in [-0.25, -0.2) is 0 Å². The lowest BCUT2D eigenvalue weighted by atomic mass is 10.00. The summed E-state index contributed by atoms with van der Waals surface area (Å²) in [7, 11) is 3.75. The van der Waals surface area contributed by atoms with E-state index in [1.54, 1.807) is 7.05 Å². The third-order valence-electron chi connectivity index (χ3n) is 3.88. The molecule has 0 aromatic heterocycles. The molecule has 1 amide bonds. The monoisotopic (exact) mass is 262 g/mol. The molecule has 0 bridgehead atoms. The van der Waals surface area contributed by atoms with Crippen molar-refractivity contribution < 1.29 is 4.79 Å². The van der Waals surface area contributed by atoms with Crippen LogP contribution in [0, 0.1) is 20.8 Å². The van der Waals surface area contributed by atoms with Gasteiger partial charge in [0.2, 0.25) is 5.91 Å². The van der Waals surface area contributed by atoms with Crippen molar-refractivity contribution in [3.8, 4) is 0 Å². The van der Waals surface area contributed by atoms with Crippen LogP contribution in [0.25, 0.3) is 0 Å². The second-order valence-corrected chi connectivity index (χ2v) is 5.50. The van der Waals surface area contributed by atoms with Crippen molar-refractivity contribution in [2.24, 2.45) is 0 Å². The molecule has 106 valence electrons. The van der Waals surface area contributed by atoms with E-state index in [-0.39, 0.29) is 11.9 Å². The van der Waals surface area contributed by atoms with Gasteiger partial charge in [-0.3, -0.25) is 9.69 Å². The minimum Gasteiger partial charge on any atom is -0.359 e. The highest BCUT2D eigenvalue weighted by atomic mass is 16.1. The Labute approximate surface area is 117 Å². The van der Waals surface area contributed by atoms with Crippen LogP contribution in [0.2, 0.25) is 0 Å². The predicted molar refractivity (Wildman–Crippen MR) is 80.3 cm³/mol. The van der Waals surface area contributed by atoms with E-state index in [1.807, 2.05) is 0 Å². The lowest BCUT2D eigenvalue weighted by molar-refractivity contribution is -0.121. The summed E-state index contributed by atoms with van der Waals surface area (Å²) in [5, 5.41) is 2.68. The van der Waals surface area contributed by atoms with Gasteiger partial charge >= 0.3 is 0 Å². The van der Waals surface area contributed by atoms with E-state index in [4.69, 9.17) is 0 Å². The summed E-state index contributed by atoms with van der Waals surface area (Å²) >= 11 is 0. The third kappa shape index (κ3) is 4.35. The fourth-order valence-electron chi connectivity index (χ4n) is 2.14. The van der Waals surface area contributed by atoms with Crippen molar-refractivity contribution in [1.29, 1.82) is 0 Å². The van der Waals surface area contributed by atoms with Gasteiger partial charge in [0.1, 0.15) is 0 Å². The Bertz CT molecular complexity index is 454. The minimum absolute atomic E-state index is 0.0937. The number of amides is 1. The van der Waals surface area contributed by atoms with Crippen molar-refractivity contribution >= 4 is 5.91 Å². The summed E-state index contributed by atoms with van der Waals surface area (Å²) in [6.07, 6.45) is 0.539. The third-order valence-corrected chi connectivity index (χ3v) is 3.88. The Hall–Kier alpha value is -1.35. The van der Waals surface area contributed by atoms with Gasteiger partial charge in [0.15, 0.2) is 0 Å². The molecule has 1 aromatic rings. The summed E-state index contributed by atoms with van der Waals surface area (Å²) in [4.78, 5) is 13.6. The van der Waals surface area contributed by atoms with E-state index in [1.165, 1.54) is 22.3 Å². The topological polar surface area (TPSA) is 32.3 Å². The second kappa shape index (κ2) is 6.71. The zero-order chi connectivity index (χ0) is 14.6. The molecular formula is C16H26N2O. The van der Waals surface area contributed by atoms with Gasteiger partial charge in [-0.05, 0) is 57.0 Å². The first-order valence-electron chi connectivity index (χ1n) is 6.82. The van der Waals surface area contributed by atoms with Crippen LogP contribution >= 0.6 is 0 Å². The van der Waals surface area contributed by atoms with Crippen LogP contribution in [0.1, 0.15) is 35.6 Å². The highest BCUT2D eigenvalue weighted by Crippen LogP contribution is 2.18. The fourth-order valence-corrected chi connectivity index (χ4v) is 2.14. The number of hydrogen-bond donors (Lipinski definition) is 1. The molecule has 0 heterocycles. The predicted octanol–water partition coefficient (Wildman–Crippen LogP) is 2.57. The maximum Gasteiger partial charge on any atom is 0.221 e. The van der Waals surface area contributed by atoms with Gasteiger partial charge in [0.05, 0.1) is 0 Å². The Morgan fingerprint density at radius 2 is 1.79 bits per heavy atom. The van der Waals surface area contributed by atoms with E-state index in [0.29, 0.717) is 6.42 Å². The van der Waals surface area contributed by atoms with Crippen LogP contribution in [0.4, 0.5) is 0 Å². The quantitative estimate of drug-likeness (QED) is 0.884. The zero-order valence-corrected chi connectivity index (χ0v) is 13.0. The van der Waals surface area contributed by atoms with Crippen LogP contribution in [0.3, 0.4) is 0 Å². The molecule has 0 fully saturated rings. The van der Waals surface area contributed by atoms with Crippen molar-refractivity contribution in [3.63, 3.8) is 0 Å². The van der Waals surface area contributed by atoms with Crippen LogP contribution in [0.5, 0.6) is 0 Å². The molecule has 0 aliphatic rings. The number of nitrogens with one attached hydrogen (secondary N) is 1. The van der Waals surface area contributed by atoms with Crippen molar-refractivity contribution in [3.05, 3.63) is 34.4 Å². The molecule has 1 N–H and O–H groups in total. The molecule has 1 aromatic carbocycles.